The Morgan fingerprint density at radius 1 is 1.27 bits per heavy atom. The Balaban J connectivity index is 2.23. The van der Waals surface area contributed by atoms with Gasteiger partial charge in [0.25, 0.3) is 0 Å². The molecule has 0 unspecified atom stereocenters. The zero-order chi connectivity index (χ0) is 11.3. The van der Waals surface area contributed by atoms with Crippen LogP contribution < -0.4 is 5.32 Å². The number of rotatable bonds is 3. The van der Waals surface area contributed by atoms with Crippen molar-refractivity contribution in [2.75, 3.05) is 39.8 Å². The number of urea groups is 1. The van der Waals surface area contributed by atoms with Gasteiger partial charge in [0.05, 0.1) is 6.42 Å². The van der Waals surface area contributed by atoms with Crippen molar-refractivity contribution in [3.63, 3.8) is 0 Å². The molecule has 86 valence electrons. The number of aliphatic carboxylic acids is 1. The van der Waals surface area contributed by atoms with Gasteiger partial charge in [0.2, 0.25) is 0 Å². The van der Waals surface area contributed by atoms with Crippen LogP contribution in [0.1, 0.15) is 6.42 Å². The Labute approximate surface area is 88.8 Å². The van der Waals surface area contributed by atoms with Crippen molar-refractivity contribution < 1.29 is 14.7 Å². The molecule has 2 N–H and O–H groups in total. The van der Waals surface area contributed by atoms with Gasteiger partial charge in [-0.25, -0.2) is 4.79 Å². The summed E-state index contributed by atoms with van der Waals surface area (Å²) in [6, 6.07) is -0.0621. The lowest BCUT2D eigenvalue weighted by Crippen LogP contribution is -2.51. The lowest BCUT2D eigenvalue weighted by atomic mass is 10.3. The monoisotopic (exact) mass is 215 g/mol. The number of hydrogen-bond acceptors (Lipinski definition) is 3. The molecule has 1 aliphatic rings. The predicted molar refractivity (Wildman–Crippen MR) is 54.7 cm³/mol. The van der Waals surface area contributed by atoms with E-state index in [4.69, 9.17) is 5.11 Å². The summed E-state index contributed by atoms with van der Waals surface area (Å²) in [5.74, 6) is -0.774. The average molecular weight is 215 g/mol. The van der Waals surface area contributed by atoms with Crippen molar-refractivity contribution in [2.45, 2.75) is 6.42 Å². The zero-order valence-corrected chi connectivity index (χ0v) is 8.90. The van der Waals surface area contributed by atoms with E-state index in [0.29, 0.717) is 19.6 Å². The minimum Gasteiger partial charge on any atom is -0.481 e. The SMILES string of the molecule is CNC(=O)N1CCN(CCC(=O)O)CC1. The van der Waals surface area contributed by atoms with Crippen LogP contribution in [0, 0.1) is 0 Å². The molecular formula is C9H17N3O3. The first kappa shape index (κ1) is 11.8. The smallest absolute Gasteiger partial charge is 0.317 e. The lowest BCUT2D eigenvalue weighted by molar-refractivity contribution is -0.137. The number of carbonyl (C=O) groups excluding carboxylic acids is 1. The zero-order valence-electron chi connectivity index (χ0n) is 8.90. The van der Waals surface area contributed by atoms with E-state index in [0.717, 1.165) is 13.1 Å². The second kappa shape index (κ2) is 5.55. The summed E-state index contributed by atoms with van der Waals surface area (Å²) in [5, 5.41) is 11.1. The van der Waals surface area contributed by atoms with E-state index in [2.05, 4.69) is 10.2 Å². The molecule has 0 aromatic carbocycles. The van der Waals surface area contributed by atoms with E-state index in [1.165, 1.54) is 0 Å². The van der Waals surface area contributed by atoms with Crippen molar-refractivity contribution in [1.29, 1.82) is 0 Å². The van der Waals surface area contributed by atoms with Gasteiger partial charge in [0, 0.05) is 39.8 Å². The van der Waals surface area contributed by atoms with Crippen molar-refractivity contribution in [1.82, 2.24) is 15.1 Å². The molecule has 1 rings (SSSR count). The molecule has 1 fully saturated rings. The van der Waals surface area contributed by atoms with Crippen LogP contribution in [0.4, 0.5) is 4.79 Å². The lowest BCUT2D eigenvalue weighted by Gasteiger charge is -2.34. The highest BCUT2D eigenvalue weighted by Gasteiger charge is 2.19. The molecule has 0 saturated carbocycles. The van der Waals surface area contributed by atoms with Crippen LogP contribution >= 0.6 is 0 Å². The number of hydrogen-bond donors (Lipinski definition) is 2. The minimum atomic E-state index is -0.774. The summed E-state index contributed by atoms with van der Waals surface area (Å²) in [6.07, 6.45) is 0.167. The summed E-state index contributed by atoms with van der Waals surface area (Å²) >= 11 is 0. The van der Waals surface area contributed by atoms with Gasteiger partial charge in [0.1, 0.15) is 0 Å². The molecule has 1 heterocycles. The van der Waals surface area contributed by atoms with E-state index >= 15 is 0 Å². The minimum absolute atomic E-state index is 0.0621. The molecule has 0 aromatic rings. The molecule has 0 aliphatic carbocycles. The summed E-state index contributed by atoms with van der Waals surface area (Å²) < 4.78 is 0. The highest BCUT2D eigenvalue weighted by molar-refractivity contribution is 5.73. The molecule has 0 bridgehead atoms. The van der Waals surface area contributed by atoms with Crippen molar-refractivity contribution in [3.8, 4) is 0 Å². The topological polar surface area (TPSA) is 72.9 Å². The molecule has 0 aromatic heterocycles. The normalized spacial score (nSPS) is 17.5. The number of carboxylic acid groups (broad SMARTS) is 1. The molecule has 0 radical (unpaired) electrons. The van der Waals surface area contributed by atoms with Gasteiger partial charge in [0.15, 0.2) is 0 Å². The average Bonchev–Trinajstić information content (AvgIpc) is 2.26. The molecule has 0 spiro atoms. The quantitative estimate of drug-likeness (QED) is 0.660. The highest BCUT2D eigenvalue weighted by atomic mass is 16.4. The molecule has 6 heteroatoms. The Morgan fingerprint density at radius 2 is 1.87 bits per heavy atom. The van der Waals surface area contributed by atoms with Crippen LogP contribution in [0.25, 0.3) is 0 Å². The molecule has 0 atom stereocenters. The van der Waals surface area contributed by atoms with Crippen LogP contribution in [0.15, 0.2) is 0 Å². The Kier molecular flexibility index (Phi) is 4.36. The number of piperazine rings is 1. The molecule has 1 saturated heterocycles. The van der Waals surface area contributed by atoms with Gasteiger partial charge in [-0.1, -0.05) is 0 Å². The largest absolute Gasteiger partial charge is 0.481 e. The summed E-state index contributed by atoms with van der Waals surface area (Å²) in [6.45, 7) is 3.40. The Hall–Kier alpha value is -1.30. The second-order valence-corrected chi connectivity index (χ2v) is 3.53. The van der Waals surface area contributed by atoms with Gasteiger partial charge in [-0.05, 0) is 0 Å². The third-order valence-electron chi connectivity index (χ3n) is 2.52. The van der Waals surface area contributed by atoms with Crippen LogP contribution in [0.3, 0.4) is 0 Å². The third-order valence-corrected chi connectivity index (χ3v) is 2.52. The van der Waals surface area contributed by atoms with Crippen LogP contribution in [-0.2, 0) is 4.79 Å². The van der Waals surface area contributed by atoms with Crippen LogP contribution in [0.5, 0.6) is 0 Å². The first-order valence-corrected chi connectivity index (χ1v) is 5.04. The van der Waals surface area contributed by atoms with Crippen molar-refractivity contribution in [2.24, 2.45) is 0 Å². The molecule has 2 amide bonds. The number of carboxylic acids is 1. The molecule has 15 heavy (non-hydrogen) atoms. The fourth-order valence-corrected chi connectivity index (χ4v) is 1.59. The third kappa shape index (κ3) is 3.75. The number of nitrogens with zero attached hydrogens (tertiary/aromatic N) is 2. The van der Waals surface area contributed by atoms with Gasteiger partial charge in [-0.15, -0.1) is 0 Å². The maximum atomic E-state index is 11.2. The van der Waals surface area contributed by atoms with E-state index in [1.54, 1.807) is 11.9 Å². The summed E-state index contributed by atoms with van der Waals surface area (Å²) in [4.78, 5) is 25.4. The highest BCUT2D eigenvalue weighted by Crippen LogP contribution is 2.02. The fraction of sp³-hybridized carbons (Fsp3) is 0.778. The fourth-order valence-electron chi connectivity index (χ4n) is 1.59. The summed E-state index contributed by atoms with van der Waals surface area (Å²) in [7, 11) is 1.61. The molecule has 6 nitrogen and oxygen atoms in total. The number of nitrogens with one attached hydrogen (secondary N) is 1. The standard InChI is InChI=1S/C9H17N3O3/c1-10-9(15)12-6-4-11(5-7-12)3-2-8(13)14/h2-7H2,1H3,(H,10,15)(H,13,14). The first-order chi connectivity index (χ1) is 7.13. The Morgan fingerprint density at radius 3 is 2.33 bits per heavy atom. The Bertz CT molecular complexity index is 237. The van der Waals surface area contributed by atoms with Crippen molar-refractivity contribution in [3.05, 3.63) is 0 Å². The predicted octanol–water partition coefficient (Wildman–Crippen LogP) is -0.582. The van der Waals surface area contributed by atoms with Crippen molar-refractivity contribution >= 4 is 12.0 Å². The number of carbonyl (C=O) groups is 2. The van der Waals surface area contributed by atoms with Crippen LogP contribution in [0.2, 0.25) is 0 Å². The summed E-state index contributed by atoms with van der Waals surface area (Å²) in [5.41, 5.74) is 0. The van der Waals surface area contributed by atoms with E-state index in [-0.39, 0.29) is 12.5 Å². The molecule has 1 aliphatic heterocycles. The molecular weight excluding hydrogens is 198 g/mol. The number of amides is 2. The second-order valence-electron chi connectivity index (χ2n) is 3.53. The van der Waals surface area contributed by atoms with Gasteiger partial charge < -0.3 is 15.3 Å². The van der Waals surface area contributed by atoms with E-state index in [1.807, 2.05) is 0 Å². The maximum Gasteiger partial charge on any atom is 0.317 e. The van der Waals surface area contributed by atoms with Crippen LogP contribution in [-0.4, -0.2) is 66.7 Å². The van der Waals surface area contributed by atoms with E-state index < -0.39 is 5.97 Å². The van der Waals surface area contributed by atoms with E-state index in [9.17, 15) is 9.59 Å². The van der Waals surface area contributed by atoms with Gasteiger partial charge in [-0.3, -0.25) is 9.69 Å². The maximum absolute atomic E-state index is 11.2. The van der Waals surface area contributed by atoms with Gasteiger partial charge in [-0.2, -0.15) is 0 Å². The first-order valence-electron chi connectivity index (χ1n) is 5.04. The van der Waals surface area contributed by atoms with Gasteiger partial charge >= 0.3 is 12.0 Å².